The Bertz CT molecular complexity index is 296. The summed E-state index contributed by atoms with van der Waals surface area (Å²) in [5.41, 5.74) is 1.23. The molecule has 0 aliphatic heterocycles. The first-order chi connectivity index (χ1) is 7.67. The van der Waals surface area contributed by atoms with Gasteiger partial charge in [-0.3, -0.25) is 0 Å². The van der Waals surface area contributed by atoms with Gasteiger partial charge in [0, 0.05) is 5.38 Å². The van der Waals surface area contributed by atoms with Crippen molar-refractivity contribution in [2.24, 2.45) is 5.92 Å². The molecule has 2 nitrogen and oxygen atoms in total. The second-order valence-corrected chi connectivity index (χ2v) is 5.59. The molecule has 2 atom stereocenters. The molecule has 0 bridgehead atoms. The number of hydrogen-bond donors (Lipinski definition) is 1. The zero-order valence-corrected chi connectivity index (χ0v) is 11.7. The minimum Gasteiger partial charge on any atom is -0.309 e. The zero-order chi connectivity index (χ0) is 12.0. The summed E-state index contributed by atoms with van der Waals surface area (Å²) in [7, 11) is 0. The molecule has 0 aliphatic rings. The van der Waals surface area contributed by atoms with Gasteiger partial charge in [0.05, 0.1) is 16.7 Å². The highest BCUT2D eigenvalue weighted by atomic mass is 32.1. The van der Waals surface area contributed by atoms with Crippen LogP contribution in [0.15, 0.2) is 5.38 Å². The summed E-state index contributed by atoms with van der Waals surface area (Å²) in [5.74, 6) is 0.774. The van der Waals surface area contributed by atoms with Gasteiger partial charge >= 0.3 is 0 Å². The molecule has 0 saturated carbocycles. The number of nitrogens with zero attached hydrogens (tertiary/aromatic N) is 1. The Balaban J connectivity index is 2.60. The molecule has 0 aromatic carbocycles. The molecule has 0 radical (unpaired) electrons. The number of aryl methyl sites for hydroxylation is 1. The molecule has 3 heteroatoms. The quantitative estimate of drug-likeness (QED) is 0.781. The van der Waals surface area contributed by atoms with Gasteiger partial charge < -0.3 is 5.32 Å². The van der Waals surface area contributed by atoms with Crippen LogP contribution in [0, 0.1) is 12.8 Å². The summed E-state index contributed by atoms with van der Waals surface area (Å²) in [6, 6.07) is 0.441. The molecule has 2 unspecified atom stereocenters. The Morgan fingerprint density at radius 2 is 2.19 bits per heavy atom. The van der Waals surface area contributed by atoms with E-state index in [2.05, 4.69) is 43.4 Å². The van der Waals surface area contributed by atoms with Crippen LogP contribution in [0.2, 0.25) is 0 Å². The zero-order valence-electron chi connectivity index (χ0n) is 10.9. The molecule has 0 aliphatic carbocycles. The third-order valence-electron chi connectivity index (χ3n) is 2.86. The minimum atomic E-state index is 0.441. The fourth-order valence-electron chi connectivity index (χ4n) is 2.11. The van der Waals surface area contributed by atoms with E-state index in [0.29, 0.717) is 6.04 Å². The van der Waals surface area contributed by atoms with E-state index >= 15 is 0 Å². The standard InChI is InChI=1S/C13H24N2S/c1-5-7-10(3)8-12(14-6-2)13-9-16-11(4)15-13/h9-10,12,14H,5-8H2,1-4H3. The van der Waals surface area contributed by atoms with E-state index < -0.39 is 0 Å². The highest BCUT2D eigenvalue weighted by molar-refractivity contribution is 7.09. The van der Waals surface area contributed by atoms with Crippen LogP contribution in [-0.4, -0.2) is 11.5 Å². The Morgan fingerprint density at radius 1 is 1.44 bits per heavy atom. The molecule has 1 aromatic heterocycles. The van der Waals surface area contributed by atoms with Gasteiger partial charge in [0.15, 0.2) is 0 Å². The topological polar surface area (TPSA) is 24.9 Å². The van der Waals surface area contributed by atoms with Crippen molar-refractivity contribution in [3.63, 3.8) is 0 Å². The van der Waals surface area contributed by atoms with Crippen molar-refractivity contribution in [2.75, 3.05) is 6.54 Å². The molecule has 1 rings (SSSR count). The predicted octanol–water partition coefficient (Wildman–Crippen LogP) is 3.93. The van der Waals surface area contributed by atoms with Crippen molar-refractivity contribution in [1.82, 2.24) is 10.3 Å². The van der Waals surface area contributed by atoms with Crippen LogP contribution in [0.1, 0.15) is 56.8 Å². The molecule has 0 spiro atoms. The van der Waals surface area contributed by atoms with E-state index in [9.17, 15) is 0 Å². The molecule has 0 amide bonds. The molecular formula is C13H24N2S. The molecule has 1 N–H and O–H groups in total. The largest absolute Gasteiger partial charge is 0.309 e. The van der Waals surface area contributed by atoms with E-state index in [1.807, 2.05) is 0 Å². The second-order valence-electron chi connectivity index (χ2n) is 4.53. The average Bonchev–Trinajstić information content (AvgIpc) is 2.64. The molecule has 92 valence electrons. The Hall–Kier alpha value is -0.410. The van der Waals surface area contributed by atoms with Crippen molar-refractivity contribution in [3.8, 4) is 0 Å². The van der Waals surface area contributed by atoms with Gasteiger partial charge in [-0.2, -0.15) is 0 Å². The highest BCUT2D eigenvalue weighted by Gasteiger charge is 2.16. The van der Waals surface area contributed by atoms with Gasteiger partial charge in [-0.05, 0) is 25.8 Å². The second kappa shape index (κ2) is 7.02. The van der Waals surface area contributed by atoms with Crippen LogP contribution in [0.3, 0.4) is 0 Å². The SMILES string of the molecule is CCCC(C)CC(NCC)c1csc(C)n1. The molecular weight excluding hydrogens is 216 g/mol. The lowest BCUT2D eigenvalue weighted by atomic mass is 9.96. The monoisotopic (exact) mass is 240 g/mol. The molecule has 0 fully saturated rings. The summed E-state index contributed by atoms with van der Waals surface area (Å²) in [6.07, 6.45) is 3.78. The van der Waals surface area contributed by atoms with E-state index in [1.54, 1.807) is 11.3 Å². The lowest BCUT2D eigenvalue weighted by molar-refractivity contribution is 0.390. The number of aromatic nitrogens is 1. The summed E-state index contributed by atoms with van der Waals surface area (Å²) in [4.78, 5) is 4.60. The fourth-order valence-corrected chi connectivity index (χ4v) is 2.77. The van der Waals surface area contributed by atoms with Gasteiger partial charge in [-0.1, -0.05) is 33.6 Å². The summed E-state index contributed by atoms with van der Waals surface area (Å²) in [6.45, 7) is 9.85. The third-order valence-corrected chi connectivity index (χ3v) is 3.66. The summed E-state index contributed by atoms with van der Waals surface area (Å²) >= 11 is 1.75. The van der Waals surface area contributed by atoms with Crippen molar-refractivity contribution < 1.29 is 0 Å². The van der Waals surface area contributed by atoms with Gasteiger partial charge in [0.1, 0.15) is 0 Å². The van der Waals surface area contributed by atoms with E-state index in [1.165, 1.54) is 30.0 Å². The van der Waals surface area contributed by atoms with Crippen molar-refractivity contribution in [3.05, 3.63) is 16.1 Å². The lowest BCUT2D eigenvalue weighted by Gasteiger charge is -2.20. The van der Waals surface area contributed by atoms with E-state index in [4.69, 9.17) is 0 Å². The van der Waals surface area contributed by atoms with Gasteiger partial charge in [-0.25, -0.2) is 4.98 Å². The Labute approximate surface area is 103 Å². The van der Waals surface area contributed by atoms with Crippen LogP contribution in [0.25, 0.3) is 0 Å². The predicted molar refractivity (Wildman–Crippen MR) is 72.0 cm³/mol. The van der Waals surface area contributed by atoms with E-state index in [-0.39, 0.29) is 0 Å². The highest BCUT2D eigenvalue weighted by Crippen LogP contribution is 2.24. The summed E-state index contributed by atoms with van der Waals surface area (Å²) < 4.78 is 0. The first kappa shape index (κ1) is 13.7. The van der Waals surface area contributed by atoms with Gasteiger partial charge in [0.2, 0.25) is 0 Å². The third kappa shape index (κ3) is 4.22. The van der Waals surface area contributed by atoms with Gasteiger partial charge in [0.25, 0.3) is 0 Å². The molecule has 1 heterocycles. The van der Waals surface area contributed by atoms with Crippen molar-refractivity contribution >= 4 is 11.3 Å². The van der Waals surface area contributed by atoms with Crippen LogP contribution in [0.5, 0.6) is 0 Å². The number of nitrogens with one attached hydrogen (secondary N) is 1. The average molecular weight is 240 g/mol. The molecule has 16 heavy (non-hydrogen) atoms. The minimum absolute atomic E-state index is 0.441. The van der Waals surface area contributed by atoms with Crippen molar-refractivity contribution in [2.45, 2.75) is 53.0 Å². The fraction of sp³-hybridized carbons (Fsp3) is 0.769. The first-order valence-electron chi connectivity index (χ1n) is 6.32. The van der Waals surface area contributed by atoms with Crippen molar-refractivity contribution in [1.29, 1.82) is 0 Å². The van der Waals surface area contributed by atoms with Gasteiger partial charge in [-0.15, -0.1) is 11.3 Å². The Kier molecular flexibility index (Phi) is 5.99. The maximum absolute atomic E-state index is 4.60. The number of hydrogen-bond acceptors (Lipinski definition) is 3. The Morgan fingerprint density at radius 3 is 2.69 bits per heavy atom. The van der Waals surface area contributed by atoms with Crippen LogP contribution in [0.4, 0.5) is 0 Å². The molecule has 0 saturated heterocycles. The normalized spacial score (nSPS) is 15.0. The van der Waals surface area contributed by atoms with E-state index in [0.717, 1.165) is 12.5 Å². The van der Waals surface area contributed by atoms with Crippen LogP contribution in [-0.2, 0) is 0 Å². The maximum Gasteiger partial charge on any atom is 0.0898 e. The maximum atomic E-state index is 4.60. The van der Waals surface area contributed by atoms with Crippen LogP contribution < -0.4 is 5.32 Å². The van der Waals surface area contributed by atoms with Crippen LogP contribution >= 0.6 is 11.3 Å². The smallest absolute Gasteiger partial charge is 0.0898 e. The summed E-state index contributed by atoms with van der Waals surface area (Å²) in [5, 5.41) is 6.91. The number of thiazole rings is 1. The first-order valence-corrected chi connectivity index (χ1v) is 7.20. The number of rotatable bonds is 7. The lowest BCUT2D eigenvalue weighted by Crippen LogP contribution is -2.23. The molecule has 1 aromatic rings.